The van der Waals surface area contributed by atoms with E-state index in [0.717, 1.165) is 24.9 Å². The van der Waals surface area contributed by atoms with Gasteiger partial charge in [0.05, 0.1) is 53.4 Å². The third-order valence-electron chi connectivity index (χ3n) is 9.44. The Balaban J connectivity index is 1.31. The third-order valence-corrected chi connectivity index (χ3v) is 9.75. The molecule has 0 saturated carbocycles. The largest absolute Gasteiger partial charge is 0.462 e. The Hall–Kier alpha value is -4.09. The maximum Gasteiger partial charge on any atom is 0.419 e. The fourth-order valence-electron chi connectivity index (χ4n) is 6.82. The van der Waals surface area contributed by atoms with Crippen molar-refractivity contribution in [3.05, 3.63) is 58.8 Å². The summed E-state index contributed by atoms with van der Waals surface area (Å²) in [6.07, 6.45) is 2.90. The lowest BCUT2D eigenvalue weighted by Crippen LogP contribution is -2.57. The van der Waals surface area contributed by atoms with E-state index in [0.29, 0.717) is 50.7 Å². The van der Waals surface area contributed by atoms with Gasteiger partial charge >= 0.3 is 12.2 Å². The monoisotopic (exact) mass is 671 g/mol. The summed E-state index contributed by atoms with van der Waals surface area (Å²) in [5.74, 6) is 0.527. The van der Waals surface area contributed by atoms with Crippen molar-refractivity contribution < 1.29 is 22.7 Å². The highest BCUT2D eigenvalue weighted by molar-refractivity contribution is 6.31. The van der Waals surface area contributed by atoms with Crippen molar-refractivity contribution in [2.75, 3.05) is 56.2 Å². The Morgan fingerprint density at radius 1 is 1.17 bits per heavy atom. The van der Waals surface area contributed by atoms with Gasteiger partial charge in [-0.05, 0) is 51.9 Å². The molecule has 0 bridgehead atoms. The molecule has 0 radical (unpaired) electrons. The molecule has 3 aromatic rings. The average Bonchev–Trinajstić information content (AvgIpc) is 3.74. The van der Waals surface area contributed by atoms with Gasteiger partial charge in [-0.1, -0.05) is 17.7 Å². The van der Waals surface area contributed by atoms with E-state index in [1.54, 1.807) is 33.1 Å². The maximum atomic E-state index is 14.1. The van der Waals surface area contributed by atoms with E-state index < -0.39 is 23.8 Å². The van der Waals surface area contributed by atoms with Crippen molar-refractivity contribution in [2.45, 2.75) is 63.5 Å². The van der Waals surface area contributed by atoms with E-state index in [1.807, 2.05) is 14.0 Å². The number of carbonyl (C=O) groups excluding carboxylic acids is 1. The normalized spacial score (nSPS) is 21.0. The highest BCUT2D eigenvalue weighted by Crippen LogP contribution is 2.43. The lowest BCUT2D eigenvalue weighted by atomic mass is 10.0. The van der Waals surface area contributed by atoms with E-state index in [2.05, 4.69) is 20.9 Å². The van der Waals surface area contributed by atoms with Crippen LogP contribution in [-0.4, -0.2) is 93.7 Å². The van der Waals surface area contributed by atoms with Crippen molar-refractivity contribution in [3.63, 3.8) is 0 Å². The molecule has 1 amide bonds. The van der Waals surface area contributed by atoms with Crippen molar-refractivity contribution in [3.8, 4) is 12.1 Å². The molecule has 3 aliphatic rings. The molecule has 6 rings (SSSR count). The Kier molecular flexibility index (Phi) is 9.48. The van der Waals surface area contributed by atoms with Crippen molar-refractivity contribution in [1.82, 2.24) is 29.3 Å². The quantitative estimate of drug-likeness (QED) is 0.340. The summed E-state index contributed by atoms with van der Waals surface area (Å²) >= 11 is 6.06. The summed E-state index contributed by atoms with van der Waals surface area (Å²) in [7, 11) is 2.05. The minimum Gasteiger partial charge on any atom is -0.462 e. The number of anilines is 2. The fraction of sp³-hybridized carbons (Fsp3) is 0.531. The number of likely N-dealkylation sites (N-methyl/N-ethyl adjacent to an activating group) is 1. The first-order chi connectivity index (χ1) is 22.5. The van der Waals surface area contributed by atoms with E-state index in [4.69, 9.17) is 26.3 Å². The zero-order valence-corrected chi connectivity index (χ0v) is 27.1. The van der Waals surface area contributed by atoms with Gasteiger partial charge in [0.1, 0.15) is 18.5 Å². The first-order valence-electron chi connectivity index (χ1n) is 15.8. The van der Waals surface area contributed by atoms with Gasteiger partial charge in [0.25, 0.3) is 0 Å². The Morgan fingerprint density at radius 3 is 2.70 bits per heavy atom. The van der Waals surface area contributed by atoms with Crippen LogP contribution in [0.3, 0.4) is 0 Å². The smallest absolute Gasteiger partial charge is 0.419 e. The number of benzene rings is 1. The van der Waals surface area contributed by atoms with Gasteiger partial charge in [-0.3, -0.25) is 4.79 Å². The van der Waals surface area contributed by atoms with Crippen LogP contribution in [0.1, 0.15) is 49.0 Å². The molecule has 3 atom stereocenters. The Morgan fingerprint density at radius 2 is 2.00 bits per heavy atom. The topological polar surface area (TPSA) is 107 Å². The number of carbonyl (C=O) groups is 1. The van der Waals surface area contributed by atoms with Crippen molar-refractivity contribution in [2.24, 2.45) is 0 Å². The van der Waals surface area contributed by atoms with Gasteiger partial charge in [-0.15, -0.1) is 0 Å². The van der Waals surface area contributed by atoms with Crippen LogP contribution >= 0.6 is 11.6 Å². The molecular weight excluding hydrogens is 635 g/mol. The number of hydrogen-bond donors (Lipinski definition) is 0. The minimum absolute atomic E-state index is 0.000848. The molecule has 2 fully saturated rings. The number of aromatic nitrogens is 4. The molecule has 250 valence electrons. The molecule has 47 heavy (non-hydrogen) atoms. The first kappa shape index (κ1) is 32.8. The number of rotatable bonds is 8. The van der Waals surface area contributed by atoms with Crippen LogP contribution in [0.15, 0.2) is 36.9 Å². The van der Waals surface area contributed by atoms with Crippen LogP contribution in [0.25, 0.3) is 0 Å². The minimum atomic E-state index is -4.63. The van der Waals surface area contributed by atoms with Gasteiger partial charge < -0.3 is 28.9 Å². The van der Waals surface area contributed by atoms with Gasteiger partial charge in [-0.2, -0.15) is 28.4 Å². The number of ether oxygens (including phenoxy) is 1. The molecule has 0 N–H and O–H groups in total. The number of piperazine rings is 1. The maximum absolute atomic E-state index is 14.1. The van der Waals surface area contributed by atoms with Crippen molar-refractivity contribution >= 4 is 29.0 Å². The third kappa shape index (κ3) is 6.82. The Labute approximate surface area is 276 Å². The van der Waals surface area contributed by atoms with Crippen LogP contribution < -0.4 is 14.5 Å². The molecule has 1 unspecified atom stereocenters. The lowest BCUT2D eigenvalue weighted by molar-refractivity contribution is -0.137. The average molecular weight is 672 g/mol. The van der Waals surface area contributed by atoms with Gasteiger partial charge in [0.2, 0.25) is 5.91 Å². The fourth-order valence-corrected chi connectivity index (χ4v) is 7.10. The molecule has 3 aliphatic heterocycles. The summed E-state index contributed by atoms with van der Waals surface area (Å²) in [6, 6.07) is 5.92. The molecule has 0 aliphatic carbocycles. The first-order valence-corrected chi connectivity index (χ1v) is 16.2. The molecule has 5 heterocycles. The zero-order valence-electron chi connectivity index (χ0n) is 26.3. The summed E-state index contributed by atoms with van der Waals surface area (Å²) < 4.78 is 50.2. The van der Waals surface area contributed by atoms with Crippen LogP contribution in [0.2, 0.25) is 5.02 Å². The van der Waals surface area contributed by atoms with Crippen LogP contribution in [0.4, 0.5) is 24.7 Å². The Bertz CT molecular complexity index is 1630. The second-order valence-electron chi connectivity index (χ2n) is 12.3. The van der Waals surface area contributed by atoms with Gasteiger partial charge in [-0.25, -0.2) is 4.98 Å². The number of fused-ring (bicyclic) bond motifs is 1. The molecule has 1 aromatic carbocycles. The molecule has 15 heteroatoms. The number of nitrogens with zero attached hydrogens (tertiary/aromatic N) is 9. The highest BCUT2D eigenvalue weighted by Gasteiger charge is 2.39. The van der Waals surface area contributed by atoms with Crippen LogP contribution in [0, 0.1) is 11.3 Å². The SMILES string of the molecule is CC(C(=O)N1CCN(c2nc(OC[C@@H]3CCCN3C)nc3c2CCN(c2cccc(Cl)c2C(F)(F)F)C3)C[C@@H]1CC#N)n1ccnc1. The number of nitriles is 1. The van der Waals surface area contributed by atoms with Gasteiger partial charge in [0.15, 0.2) is 0 Å². The number of alkyl halides is 3. The number of amides is 1. The predicted octanol–water partition coefficient (Wildman–Crippen LogP) is 4.57. The van der Waals surface area contributed by atoms with E-state index >= 15 is 0 Å². The molecule has 0 spiro atoms. The van der Waals surface area contributed by atoms with E-state index in [9.17, 15) is 23.2 Å². The summed E-state index contributed by atoms with van der Waals surface area (Å²) in [5.41, 5.74) is 0.530. The second-order valence-corrected chi connectivity index (χ2v) is 12.7. The molecular formula is C32H37ClF3N9O2. The number of likely N-dealkylation sites (tertiary alicyclic amines) is 1. The molecule has 11 nitrogen and oxygen atoms in total. The van der Waals surface area contributed by atoms with Crippen molar-refractivity contribution in [1.29, 1.82) is 5.26 Å². The number of halogens is 4. The zero-order chi connectivity index (χ0) is 33.3. The van der Waals surface area contributed by atoms with E-state index in [-0.39, 0.29) is 41.6 Å². The summed E-state index contributed by atoms with van der Waals surface area (Å²) in [4.78, 5) is 34.9. The lowest BCUT2D eigenvalue weighted by Gasteiger charge is -2.43. The van der Waals surface area contributed by atoms with Crippen LogP contribution in [0.5, 0.6) is 6.01 Å². The number of imidazole rings is 1. The highest BCUT2D eigenvalue weighted by atomic mass is 35.5. The summed E-state index contributed by atoms with van der Waals surface area (Å²) in [5, 5.41) is 9.34. The molecule has 2 aromatic heterocycles. The van der Waals surface area contributed by atoms with E-state index in [1.165, 1.54) is 18.2 Å². The standard InChI is InChI=1S/C32H37ClF3N9O2/c1-21(44-14-11-38-20-44)30(46)45-16-15-43(17-22(45)8-10-37)29-24-9-13-42(27-7-3-6-25(33)28(27)32(34,35)36)18-26(24)39-31(40-29)47-19-23-5-4-12-41(23)2/h3,6-7,11,14,20-23H,4-5,8-9,12-13,15-19H2,1-2H3/t21?,22-,23-/m0/s1. The predicted molar refractivity (Wildman–Crippen MR) is 169 cm³/mol. The molecule has 2 saturated heterocycles. The summed E-state index contributed by atoms with van der Waals surface area (Å²) in [6.45, 7) is 4.76. The second kappa shape index (κ2) is 13.6. The van der Waals surface area contributed by atoms with Crippen LogP contribution in [-0.2, 0) is 23.9 Å². The number of hydrogen-bond acceptors (Lipinski definition) is 9. The van der Waals surface area contributed by atoms with Gasteiger partial charge in [0, 0.05) is 50.2 Å².